The first kappa shape index (κ1) is 22.0. The van der Waals surface area contributed by atoms with Gasteiger partial charge in [0.05, 0.1) is 18.0 Å². The predicted molar refractivity (Wildman–Crippen MR) is 104 cm³/mol. The molecule has 2 aromatic carbocycles. The summed E-state index contributed by atoms with van der Waals surface area (Å²) < 4.78 is 38.2. The molecule has 7 nitrogen and oxygen atoms in total. The van der Waals surface area contributed by atoms with E-state index in [9.17, 15) is 17.6 Å². The minimum absolute atomic E-state index is 0.0193. The van der Waals surface area contributed by atoms with Crippen molar-refractivity contribution in [3.8, 4) is 0 Å². The van der Waals surface area contributed by atoms with Crippen molar-refractivity contribution in [1.82, 2.24) is 14.7 Å². The van der Waals surface area contributed by atoms with Crippen LogP contribution < -0.4 is 5.32 Å². The first-order valence-electron chi connectivity index (χ1n) is 8.50. The van der Waals surface area contributed by atoms with Crippen LogP contribution in [0.1, 0.15) is 22.0 Å². The third-order valence-corrected chi connectivity index (χ3v) is 6.04. The lowest BCUT2D eigenvalue weighted by Gasteiger charge is -2.25. The van der Waals surface area contributed by atoms with Gasteiger partial charge in [-0.2, -0.15) is 0 Å². The standard InChI is InChI=1S/C19H24FN3O4S/c1-22(2)18(14-5-9-16(20)10-6-14)13-21-19(24)15-7-11-17(12-8-15)28(25,26)23(3)27-4/h5-12,18H,13H2,1-4H3,(H,21,24). The van der Waals surface area contributed by atoms with Crippen LogP contribution in [0.15, 0.2) is 53.4 Å². The van der Waals surface area contributed by atoms with Crippen LogP contribution in [0.4, 0.5) is 4.39 Å². The molecule has 0 saturated carbocycles. The fourth-order valence-electron chi connectivity index (χ4n) is 2.60. The molecule has 0 aliphatic heterocycles. The Hall–Kier alpha value is -2.33. The second-order valence-electron chi connectivity index (χ2n) is 6.36. The molecule has 1 unspecified atom stereocenters. The van der Waals surface area contributed by atoms with Crippen molar-refractivity contribution in [3.63, 3.8) is 0 Å². The van der Waals surface area contributed by atoms with Crippen molar-refractivity contribution >= 4 is 15.9 Å². The van der Waals surface area contributed by atoms with Gasteiger partial charge in [0, 0.05) is 19.2 Å². The lowest BCUT2D eigenvalue weighted by Crippen LogP contribution is -2.34. The summed E-state index contributed by atoms with van der Waals surface area (Å²) in [7, 11) is 2.50. The molecule has 0 bridgehead atoms. The number of likely N-dealkylation sites (N-methyl/N-ethyl adjacent to an activating group) is 1. The molecule has 28 heavy (non-hydrogen) atoms. The Morgan fingerprint density at radius 2 is 1.64 bits per heavy atom. The summed E-state index contributed by atoms with van der Waals surface area (Å²) in [4.78, 5) is 19.1. The van der Waals surface area contributed by atoms with Crippen LogP contribution in [0.5, 0.6) is 0 Å². The molecule has 2 aromatic rings. The van der Waals surface area contributed by atoms with E-state index in [0.29, 0.717) is 12.1 Å². The highest BCUT2D eigenvalue weighted by atomic mass is 32.2. The van der Waals surface area contributed by atoms with E-state index in [1.807, 2.05) is 19.0 Å². The summed E-state index contributed by atoms with van der Waals surface area (Å²) in [6, 6.07) is 11.6. The molecule has 0 fully saturated rings. The normalized spacial score (nSPS) is 13.0. The average Bonchev–Trinajstić information content (AvgIpc) is 2.68. The Kier molecular flexibility index (Phi) is 7.25. The number of nitrogens with one attached hydrogen (secondary N) is 1. The Morgan fingerprint density at radius 1 is 1.07 bits per heavy atom. The molecule has 152 valence electrons. The van der Waals surface area contributed by atoms with Gasteiger partial charge in [0.15, 0.2) is 0 Å². The Morgan fingerprint density at radius 3 is 2.14 bits per heavy atom. The maximum atomic E-state index is 13.1. The first-order chi connectivity index (χ1) is 13.2. The van der Waals surface area contributed by atoms with Crippen molar-refractivity contribution in [2.75, 3.05) is 34.8 Å². The van der Waals surface area contributed by atoms with Crippen LogP contribution in [-0.2, 0) is 14.9 Å². The minimum atomic E-state index is -3.77. The van der Waals surface area contributed by atoms with Crippen molar-refractivity contribution in [2.24, 2.45) is 0 Å². The van der Waals surface area contributed by atoms with Crippen LogP contribution in [-0.4, -0.2) is 58.5 Å². The summed E-state index contributed by atoms with van der Waals surface area (Å²) in [6.45, 7) is 0.309. The number of carbonyl (C=O) groups is 1. The summed E-state index contributed by atoms with van der Waals surface area (Å²) >= 11 is 0. The van der Waals surface area contributed by atoms with Crippen LogP contribution in [0.2, 0.25) is 0 Å². The molecular formula is C19H24FN3O4S. The molecule has 0 radical (unpaired) electrons. The van der Waals surface area contributed by atoms with Crippen LogP contribution >= 0.6 is 0 Å². The zero-order chi connectivity index (χ0) is 20.9. The highest BCUT2D eigenvalue weighted by Gasteiger charge is 2.21. The third-order valence-electron chi connectivity index (χ3n) is 4.34. The molecule has 1 atom stereocenters. The van der Waals surface area contributed by atoms with E-state index in [1.165, 1.54) is 50.6 Å². The number of hydrogen-bond acceptors (Lipinski definition) is 5. The molecule has 0 saturated heterocycles. The fourth-order valence-corrected chi connectivity index (χ4v) is 3.57. The highest BCUT2D eigenvalue weighted by molar-refractivity contribution is 7.89. The maximum Gasteiger partial charge on any atom is 0.264 e. The molecular weight excluding hydrogens is 385 g/mol. The molecule has 0 aliphatic rings. The van der Waals surface area contributed by atoms with E-state index < -0.39 is 10.0 Å². The second kappa shape index (κ2) is 9.24. The number of carbonyl (C=O) groups excluding carboxylic acids is 1. The number of halogens is 1. The second-order valence-corrected chi connectivity index (χ2v) is 8.30. The third kappa shape index (κ3) is 5.14. The number of rotatable bonds is 8. The molecule has 2 rings (SSSR count). The van der Waals surface area contributed by atoms with Gasteiger partial charge in [-0.3, -0.25) is 9.63 Å². The molecule has 1 amide bonds. The molecule has 9 heteroatoms. The lowest BCUT2D eigenvalue weighted by atomic mass is 10.1. The van der Waals surface area contributed by atoms with Gasteiger partial charge >= 0.3 is 0 Å². The summed E-state index contributed by atoms with van der Waals surface area (Å²) in [5, 5.41) is 2.83. The SMILES string of the molecule is CON(C)S(=O)(=O)c1ccc(C(=O)NCC(c2ccc(F)cc2)N(C)C)cc1. The molecule has 1 N–H and O–H groups in total. The van der Waals surface area contributed by atoms with E-state index in [4.69, 9.17) is 4.84 Å². The highest BCUT2D eigenvalue weighted by Crippen LogP contribution is 2.19. The number of amides is 1. The summed E-state index contributed by atoms with van der Waals surface area (Å²) in [5.41, 5.74) is 1.20. The molecule has 0 heterocycles. The van der Waals surface area contributed by atoms with Gasteiger partial charge in [-0.25, -0.2) is 12.8 Å². The van der Waals surface area contributed by atoms with Gasteiger partial charge in [-0.15, -0.1) is 0 Å². The van der Waals surface area contributed by atoms with E-state index in [0.717, 1.165) is 10.0 Å². The number of benzene rings is 2. The number of nitrogens with zero attached hydrogens (tertiary/aromatic N) is 2. The van der Waals surface area contributed by atoms with E-state index >= 15 is 0 Å². The van der Waals surface area contributed by atoms with Crippen LogP contribution in [0.3, 0.4) is 0 Å². The lowest BCUT2D eigenvalue weighted by molar-refractivity contribution is -0.0258. The van der Waals surface area contributed by atoms with Gasteiger partial charge in [0.2, 0.25) is 0 Å². The predicted octanol–water partition coefficient (Wildman–Crippen LogP) is 2.04. The Balaban J connectivity index is 2.08. The zero-order valence-electron chi connectivity index (χ0n) is 16.2. The van der Waals surface area contributed by atoms with Crippen LogP contribution in [0.25, 0.3) is 0 Å². The minimum Gasteiger partial charge on any atom is -0.350 e. The number of hydrogen-bond donors (Lipinski definition) is 1. The van der Waals surface area contributed by atoms with Gasteiger partial charge < -0.3 is 10.2 Å². The van der Waals surface area contributed by atoms with Crippen molar-refractivity contribution < 1.29 is 22.4 Å². The number of sulfonamides is 1. The monoisotopic (exact) mass is 409 g/mol. The Labute approximate surface area is 164 Å². The topological polar surface area (TPSA) is 78.9 Å². The van der Waals surface area contributed by atoms with Crippen molar-refractivity contribution in [2.45, 2.75) is 10.9 Å². The maximum absolute atomic E-state index is 13.1. The van der Waals surface area contributed by atoms with Gasteiger partial charge in [-0.1, -0.05) is 16.6 Å². The van der Waals surface area contributed by atoms with Gasteiger partial charge in [-0.05, 0) is 56.1 Å². The Bertz CT molecular complexity index is 900. The molecule has 0 aromatic heterocycles. The zero-order valence-corrected chi connectivity index (χ0v) is 17.0. The van der Waals surface area contributed by atoms with Crippen LogP contribution in [0, 0.1) is 5.82 Å². The van der Waals surface area contributed by atoms with Gasteiger partial charge in [0.25, 0.3) is 15.9 Å². The average molecular weight is 409 g/mol. The quantitative estimate of drug-likeness (QED) is 0.675. The smallest absolute Gasteiger partial charge is 0.264 e. The largest absolute Gasteiger partial charge is 0.350 e. The molecule has 0 aliphatic carbocycles. The fraction of sp³-hybridized carbons (Fsp3) is 0.316. The van der Waals surface area contributed by atoms with E-state index in [-0.39, 0.29) is 22.7 Å². The van der Waals surface area contributed by atoms with Gasteiger partial charge in [0.1, 0.15) is 5.82 Å². The summed E-state index contributed by atoms with van der Waals surface area (Å²) in [6.07, 6.45) is 0. The number of hydroxylamine groups is 1. The summed E-state index contributed by atoms with van der Waals surface area (Å²) in [5.74, 6) is -0.655. The van der Waals surface area contributed by atoms with E-state index in [1.54, 1.807) is 12.1 Å². The van der Waals surface area contributed by atoms with E-state index in [2.05, 4.69) is 5.32 Å². The van der Waals surface area contributed by atoms with Crippen molar-refractivity contribution in [3.05, 3.63) is 65.5 Å². The molecule has 0 spiro atoms. The first-order valence-corrected chi connectivity index (χ1v) is 9.94. The van der Waals surface area contributed by atoms with Crippen molar-refractivity contribution in [1.29, 1.82) is 0 Å².